The summed E-state index contributed by atoms with van der Waals surface area (Å²) < 4.78 is 7.54. The first-order chi connectivity index (χ1) is 16.1. The Kier molecular flexibility index (Phi) is 7.34. The highest BCUT2D eigenvalue weighted by Crippen LogP contribution is 2.37. The molecule has 0 saturated carbocycles. The van der Waals surface area contributed by atoms with Gasteiger partial charge < -0.3 is 15.4 Å². The van der Waals surface area contributed by atoms with E-state index < -0.39 is 6.04 Å². The quantitative estimate of drug-likeness (QED) is 0.322. The zero-order chi connectivity index (χ0) is 23.2. The van der Waals surface area contributed by atoms with Crippen molar-refractivity contribution in [2.75, 3.05) is 23.0 Å². The predicted molar refractivity (Wildman–Crippen MR) is 133 cm³/mol. The lowest BCUT2D eigenvalue weighted by molar-refractivity contribution is -0.113. The van der Waals surface area contributed by atoms with E-state index in [9.17, 15) is 4.79 Å². The van der Waals surface area contributed by atoms with Crippen LogP contribution in [0.5, 0.6) is 5.75 Å². The number of nitrogens with one attached hydrogen (secondary N) is 2. The van der Waals surface area contributed by atoms with Gasteiger partial charge in [-0.2, -0.15) is 4.98 Å². The molecular weight excluding hydrogens is 434 g/mol. The third kappa shape index (κ3) is 5.22. The smallest absolute Gasteiger partial charge is 0.255 e. The molecule has 1 amide bonds. The van der Waals surface area contributed by atoms with Crippen LogP contribution in [-0.2, 0) is 4.79 Å². The van der Waals surface area contributed by atoms with Crippen LogP contribution in [0.1, 0.15) is 45.2 Å². The van der Waals surface area contributed by atoms with Crippen LogP contribution in [0.4, 0.5) is 11.6 Å². The summed E-state index contributed by atoms with van der Waals surface area (Å²) in [6.07, 6.45) is 2.22. The molecule has 1 unspecified atom stereocenters. The van der Waals surface area contributed by atoms with E-state index in [1.807, 2.05) is 73.1 Å². The van der Waals surface area contributed by atoms with Crippen LogP contribution >= 0.6 is 11.8 Å². The molecule has 2 N–H and O–H groups in total. The number of ether oxygens (including phenoxy) is 1. The number of unbranched alkanes of at least 4 members (excludes halogenated alkanes) is 1. The fourth-order valence-electron chi connectivity index (χ4n) is 3.76. The van der Waals surface area contributed by atoms with E-state index in [0.717, 1.165) is 41.3 Å². The minimum atomic E-state index is -0.432. The van der Waals surface area contributed by atoms with Crippen LogP contribution in [0.2, 0.25) is 0 Å². The highest BCUT2D eigenvalue weighted by Gasteiger charge is 2.34. The first-order valence-electron chi connectivity index (χ1n) is 11.3. The summed E-state index contributed by atoms with van der Waals surface area (Å²) >= 11 is 1.63. The van der Waals surface area contributed by atoms with Crippen molar-refractivity contribution < 1.29 is 9.53 Å². The lowest BCUT2D eigenvalue weighted by Gasteiger charge is -2.29. The molecule has 0 bridgehead atoms. The monoisotopic (exact) mass is 463 g/mol. The number of hydrogen-bond acceptors (Lipinski definition) is 6. The molecular formula is C25H29N5O2S. The fourth-order valence-corrected chi connectivity index (χ4v) is 4.68. The molecule has 0 fully saturated rings. The number of carbonyl (C=O) groups excluding carboxylic acids is 1. The Morgan fingerprint density at radius 1 is 1.18 bits per heavy atom. The van der Waals surface area contributed by atoms with Gasteiger partial charge in [0.25, 0.3) is 5.91 Å². The molecule has 1 aromatic heterocycles. The number of allylic oxidation sites excluding steroid dienone is 1. The third-order valence-corrected chi connectivity index (χ3v) is 6.25. The van der Waals surface area contributed by atoms with E-state index in [-0.39, 0.29) is 5.91 Å². The maximum absolute atomic E-state index is 13.5. The standard InChI is InChI=1S/C25H29N5O2S/c1-4-6-15-33-25-28-24-26-17(3)21(23(31)27-19-12-8-7-9-13-19)22(30(24)29-25)18-11-10-14-20(16-18)32-5-2/h7-14,16,22H,4-6,15H2,1-3H3,(H,27,31)(H,26,28,29). The van der Waals surface area contributed by atoms with Crippen molar-refractivity contribution in [2.24, 2.45) is 0 Å². The molecule has 2 aromatic carbocycles. The maximum atomic E-state index is 13.5. The van der Waals surface area contributed by atoms with Gasteiger partial charge in [-0.25, -0.2) is 4.68 Å². The second-order valence-electron chi connectivity index (χ2n) is 7.76. The maximum Gasteiger partial charge on any atom is 0.255 e. The number of rotatable bonds is 9. The van der Waals surface area contributed by atoms with Crippen molar-refractivity contribution in [3.8, 4) is 5.75 Å². The largest absolute Gasteiger partial charge is 0.494 e. The summed E-state index contributed by atoms with van der Waals surface area (Å²) in [5, 5.41) is 11.8. The molecule has 172 valence electrons. The number of nitrogens with zero attached hydrogens (tertiary/aromatic N) is 3. The van der Waals surface area contributed by atoms with Gasteiger partial charge in [0.05, 0.1) is 12.2 Å². The third-order valence-electron chi connectivity index (χ3n) is 5.32. The van der Waals surface area contributed by atoms with Crippen LogP contribution in [0, 0.1) is 0 Å². The van der Waals surface area contributed by atoms with Crippen LogP contribution < -0.4 is 15.4 Å². The van der Waals surface area contributed by atoms with Crippen molar-refractivity contribution in [1.82, 2.24) is 14.8 Å². The number of para-hydroxylation sites is 1. The highest BCUT2D eigenvalue weighted by molar-refractivity contribution is 7.99. The van der Waals surface area contributed by atoms with Crippen molar-refractivity contribution in [2.45, 2.75) is 44.8 Å². The summed E-state index contributed by atoms with van der Waals surface area (Å²) in [7, 11) is 0. The molecule has 1 aliphatic rings. The van der Waals surface area contributed by atoms with Crippen LogP contribution in [0.3, 0.4) is 0 Å². The van der Waals surface area contributed by atoms with Gasteiger partial charge in [0, 0.05) is 17.1 Å². The second-order valence-corrected chi connectivity index (χ2v) is 8.82. The molecule has 0 aliphatic carbocycles. The molecule has 1 atom stereocenters. The number of hydrogen-bond donors (Lipinski definition) is 2. The minimum absolute atomic E-state index is 0.181. The first-order valence-corrected chi connectivity index (χ1v) is 12.3. The number of carbonyl (C=O) groups is 1. The Bertz CT molecular complexity index is 1140. The number of anilines is 2. The number of fused-ring (bicyclic) bond motifs is 1. The van der Waals surface area contributed by atoms with Crippen molar-refractivity contribution in [1.29, 1.82) is 0 Å². The van der Waals surface area contributed by atoms with Gasteiger partial charge in [-0.15, -0.1) is 5.10 Å². The average molecular weight is 464 g/mol. The van der Waals surface area contributed by atoms with E-state index in [2.05, 4.69) is 17.6 Å². The fraction of sp³-hybridized carbons (Fsp3) is 0.320. The zero-order valence-corrected chi connectivity index (χ0v) is 20.0. The summed E-state index contributed by atoms with van der Waals surface area (Å²) in [6.45, 7) is 6.59. The summed E-state index contributed by atoms with van der Waals surface area (Å²) in [6, 6.07) is 16.9. The van der Waals surface area contributed by atoms with E-state index >= 15 is 0 Å². The molecule has 2 heterocycles. The van der Waals surface area contributed by atoms with E-state index in [0.29, 0.717) is 23.3 Å². The lowest BCUT2D eigenvalue weighted by Crippen LogP contribution is -2.31. The SMILES string of the molecule is CCCCSc1nc2n(n1)C(c1cccc(OCC)c1)C(C(=O)Nc1ccccc1)=C(C)N2. The van der Waals surface area contributed by atoms with Gasteiger partial charge in [0.1, 0.15) is 11.8 Å². The molecule has 7 nitrogen and oxygen atoms in total. The Labute approximate surface area is 198 Å². The van der Waals surface area contributed by atoms with Crippen molar-refractivity contribution >= 4 is 29.3 Å². The predicted octanol–water partition coefficient (Wildman–Crippen LogP) is 5.50. The summed E-state index contributed by atoms with van der Waals surface area (Å²) in [5.74, 6) is 2.17. The van der Waals surface area contributed by atoms with Crippen LogP contribution in [0.25, 0.3) is 0 Å². The number of benzene rings is 2. The molecule has 3 aromatic rings. The Morgan fingerprint density at radius 3 is 2.76 bits per heavy atom. The number of thioether (sulfide) groups is 1. The topological polar surface area (TPSA) is 81.1 Å². The number of amides is 1. The summed E-state index contributed by atoms with van der Waals surface area (Å²) in [5.41, 5.74) is 3.00. The molecule has 33 heavy (non-hydrogen) atoms. The van der Waals surface area contributed by atoms with Gasteiger partial charge in [-0.1, -0.05) is 55.4 Å². The molecule has 8 heteroatoms. The summed E-state index contributed by atoms with van der Waals surface area (Å²) in [4.78, 5) is 18.2. The molecule has 0 radical (unpaired) electrons. The van der Waals surface area contributed by atoms with Gasteiger partial charge >= 0.3 is 0 Å². The van der Waals surface area contributed by atoms with Gasteiger partial charge in [0.15, 0.2) is 0 Å². The van der Waals surface area contributed by atoms with Gasteiger partial charge in [0.2, 0.25) is 11.1 Å². The van der Waals surface area contributed by atoms with Crippen LogP contribution in [0.15, 0.2) is 71.0 Å². The van der Waals surface area contributed by atoms with Gasteiger partial charge in [-0.05, 0) is 50.1 Å². The Hall–Kier alpha value is -3.26. The highest BCUT2D eigenvalue weighted by atomic mass is 32.2. The molecule has 4 rings (SSSR count). The Morgan fingerprint density at radius 2 is 2.00 bits per heavy atom. The van der Waals surface area contributed by atoms with Crippen LogP contribution in [-0.4, -0.2) is 33.0 Å². The first kappa shape index (κ1) is 22.9. The Balaban J connectivity index is 1.74. The normalized spacial score (nSPS) is 15.1. The van der Waals surface area contributed by atoms with Gasteiger partial charge in [-0.3, -0.25) is 4.79 Å². The zero-order valence-electron chi connectivity index (χ0n) is 19.2. The van der Waals surface area contributed by atoms with E-state index in [1.165, 1.54) is 0 Å². The van der Waals surface area contributed by atoms with Crippen molar-refractivity contribution in [3.05, 3.63) is 71.4 Å². The van der Waals surface area contributed by atoms with E-state index in [4.69, 9.17) is 14.8 Å². The molecule has 0 spiro atoms. The van der Waals surface area contributed by atoms with E-state index in [1.54, 1.807) is 11.8 Å². The lowest BCUT2D eigenvalue weighted by atomic mass is 9.95. The molecule has 1 aliphatic heterocycles. The number of aromatic nitrogens is 3. The second kappa shape index (κ2) is 10.6. The average Bonchev–Trinajstić information content (AvgIpc) is 3.21. The minimum Gasteiger partial charge on any atom is -0.494 e. The van der Waals surface area contributed by atoms with Crippen molar-refractivity contribution in [3.63, 3.8) is 0 Å². The molecule has 0 saturated heterocycles.